The Morgan fingerprint density at radius 2 is 1.74 bits per heavy atom. The zero-order valence-corrected chi connectivity index (χ0v) is 19.7. The summed E-state index contributed by atoms with van der Waals surface area (Å²) < 4.78 is 27.6. The molecule has 1 aromatic heterocycles. The first-order chi connectivity index (χ1) is 14.9. The lowest BCUT2D eigenvalue weighted by Crippen LogP contribution is -2.45. The number of sulfonamides is 1. The molecule has 0 bridgehead atoms. The van der Waals surface area contributed by atoms with Crippen LogP contribution in [0.25, 0.3) is 0 Å². The molecule has 31 heavy (non-hydrogen) atoms. The van der Waals surface area contributed by atoms with E-state index in [0.29, 0.717) is 23.7 Å². The number of aryl methyl sites for hydroxylation is 1. The van der Waals surface area contributed by atoms with Gasteiger partial charge in [0.15, 0.2) is 0 Å². The summed E-state index contributed by atoms with van der Waals surface area (Å²) in [5.41, 5.74) is 2.36. The second-order valence-electron chi connectivity index (χ2n) is 8.58. The largest absolute Gasteiger partial charge is 0.352 e. The van der Waals surface area contributed by atoms with Crippen molar-refractivity contribution in [3.05, 3.63) is 52.4 Å². The van der Waals surface area contributed by atoms with Gasteiger partial charge in [-0.3, -0.25) is 9.69 Å². The Morgan fingerprint density at radius 3 is 2.42 bits per heavy atom. The van der Waals surface area contributed by atoms with Crippen LogP contribution < -0.4 is 5.32 Å². The number of likely N-dealkylation sites (tertiary alicyclic amines) is 1. The average molecular weight is 462 g/mol. The molecule has 8 heteroatoms. The zero-order chi connectivity index (χ0) is 21.8. The number of piperidine rings is 1. The number of rotatable bonds is 7. The number of amides is 1. The summed E-state index contributed by atoms with van der Waals surface area (Å²) in [6.45, 7) is 6.44. The smallest absolute Gasteiger partial charge is 0.252 e. The molecule has 4 rings (SSSR count). The van der Waals surface area contributed by atoms with E-state index in [1.807, 2.05) is 13.0 Å². The molecule has 2 fully saturated rings. The molecule has 6 nitrogen and oxygen atoms in total. The molecule has 2 aliphatic rings. The summed E-state index contributed by atoms with van der Waals surface area (Å²) in [5.74, 6) is -0.373. The van der Waals surface area contributed by atoms with Crippen molar-refractivity contribution in [2.24, 2.45) is 5.92 Å². The van der Waals surface area contributed by atoms with Crippen LogP contribution in [0.2, 0.25) is 0 Å². The molecule has 1 atom stereocenters. The third-order valence-electron chi connectivity index (χ3n) is 6.16. The summed E-state index contributed by atoms with van der Waals surface area (Å²) in [6, 6.07) is 11.9. The van der Waals surface area contributed by atoms with E-state index in [1.165, 1.54) is 47.1 Å². The molecule has 1 aromatic carbocycles. The first kappa shape index (κ1) is 22.5. The van der Waals surface area contributed by atoms with E-state index in [4.69, 9.17) is 0 Å². The molecule has 168 valence electrons. The number of benzene rings is 1. The minimum absolute atomic E-state index is 0.0663. The highest BCUT2D eigenvalue weighted by Crippen LogP contribution is 2.28. The van der Waals surface area contributed by atoms with Gasteiger partial charge in [0.05, 0.1) is 5.92 Å². The van der Waals surface area contributed by atoms with Crippen molar-refractivity contribution in [3.63, 3.8) is 0 Å². The summed E-state index contributed by atoms with van der Waals surface area (Å²) in [6.07, 6.45) is 4.00. The van der Waals surface area contributed by atoms with E-state index in [-0.39, 0.29) is 18.4 Å². The maximum atomic E-state index is 12.9. The molecule has 0 radical (unpaired) electrons. The van der Waals surface area contributed by atoms with Crippen molar-refractivity contribution < 1.29 is 13.2 Å². The lowest BCUT2D eigenvalue weighted by Gasteiger charge is -2.30. The highest BCUT2D eigenvalue weighted by Gasteiger charge is 2.33. The van der Waals surface area contributed by atoms with Crippen molar-refractivity contribution >= 4 is 27.3 Å². The molecular formula is C23H31N3O3S2. The lowest BCUT2D eigenvalue weighted by molar-refractivity contribution is -0.126. The third-order valence-corrected chi connectivity index (χ3v) is 9.49. The fraction of sp³-hybridized carbons (Fsp3) is 0.522. The molecule has 3 heterocycles. The van der Waals surface area contributed by atoms with E-state index >= 15 is 0 Å². The van der Waals surface area contributed by atoms with Gasteiger partial charge >= 0.3 is 0 Å². The molecule has 2 aromatic rings. The second-order valence-corrected chi connectivity index (χ2v) is 12.0. The summed E-state index contributed by atoms with van der Waals surface area (Å²) in [7, 11) is -3.52. The van der Waals surface area contributed by atoms with Gasteiger partial charge in [-0.25, -0.2) is 8.42 Å². The van der Waals surface area contributed by atoms with Gasteiger partial charge in [0.1, 0.15) is 4.21 Å². The highest BCUT2D eigenvalue weighted by atomic mass is 32.2. The van der Waals surface area contributed by atoms with Gasteiger partial charge in [0.25, 0.3) is 10.0 Å². The monoisotopic (exact) mass is 461 g/mol. The Bertz CT molecular complexity index is 995. The van der Waals surface area contributed by atoms with E-state index in [0.717, 1.165) is 23.4 Å². The van der Waals surface area contributed by atoms with Gasteiger partial charge in [0, 0.05) is 31.1 Å². The Hall–Kier alpha value is -1.74. The van der Waals surface area contributed by atoms with E-state index in [9.17, 15) is 13.2 Å². The van der Waals surface area contributed by atoms with Gasteiger partial charge in [-0.05, 0) is 69.0 Å². The second kappa shape index (κ2) is 9.81. The van der Waals surface area contributed by atoms with Crippen LogP contribution >= 0.6 is 11.3 Å². The minimum atomic E-state index is -3.52. The molecule has 1 N–H and O–H groups in total. The lowest BCUT2D eigenvalue weighted by atomic mass is 9.98. The van der Waals surface area contributed by atoms with Gasteiger partial charge in [-0.1, -0.05) is 24.3 Å². The topological polar surface area (TPSA) is 69.7 Å². The van der Waals surface area contributed by atoms with Gasteiger partial charge < -0.3 is 5.32 Å². The molecular weight excluding hydrogens is 430 g/mol. The Labute approximate surface area is 189 Å². The predicted octanol–water partition coefficient (Wildman–Crippen LogP) is 3.37. The quantitative estimate of drug-likeness (QED) is 0.686. The number of thiophene rings is 1. The highest BCUT2D eigenvalue weighted by molar-refractivity contribution is 7.91. The van der Waals surface area contributed by atoms with Crippen molar-refractivity contribution in [2.75, 3.05) is 26.2 Å². The Balaban J connectivity index is 1.30. The molecule has 0 saturated carbocycles. The van der Waals surface area contributed by atoms with Crippen LogP contribution in [0.4, 0.5) is 0 Å². The minimum Gasteiger partial charge on any atom is -0.352 e. The number of nitrogens with zero attached hydrogens (tertiary/aromatic N) is 2. The average Bonchev–Trinajstić information content (AvgIpc) is 3.45. The third kappa shape index (κ3) is 5.55. The van der Waals surface area contributed by atoms with E-state index in [1.54, 1.807) is 6.07 Å². The number of carbonyl (C=O) groups excluding carboxylic acids is 1. The summed E-state index contributed by atoms with van der Waals surface area (Å²) in [5, 5.41) is 3.01. The molecule has 1 amide bonds. The summed E-state index contributed by atoms with van der Waals surface area (Å²) in [4.78, 5) is 16.2. The van der Waals surface area contributed by atoms with Crippen LogP contribution in [0.1, 0.15) is 41.7 Å². The molecule has 0 spiro atoms. The number of carbonyl (C=O) groups is 1. The number of hydrogen-bond donors (Lipinski definition) is 1. The zero-order valence-electron chi connectivity index (χ0n) is 18.0. The van der Waals surface area contributed by atoms with E-state index < -0.39 is 10.0 Å². The van der Waals surface area contributed by atoms with Crippen molar-refractivity contribution in [3.8, 4) is 0 Å². The first-order valence-electron chi connectivity index (χ1n) is 11.1. The maximum Gasteiger partial charge on any atom is 0.252 e. The van der Waals surface area contributed by atoms with Crippen LogP contribution in [0.5, 0.6) is 0 Å². The first-order valence-corrected chi connectivity index (χ1v) is 13.3. The summed E-state index contributed by atoms with van der Waals surface area (Å²) >= 11 is 1.28. The molecule has 2 saturated heterocycles. The number of hydrogen-bond acceptors (Lipinski definition) is 5. The van der Waals surface area contributed by atoms with Crippen LogP contribution in [0.15, 0.2) is 40.6 Å². The maximum absolute atomic E-state index is 12.9. The molecule has 1 unspecified atom stereocenters. The van der Waals surface area contributed by atoms with Crippen LogP contribution in [0, 0.1) is 12.8 Å². The Morgan fingerprint density at radius 1 is 1.03 bits per heavy atom. The Kier molecular flexibility index (Phi) is 7.11. The molecule has 0 aliphatic carbocycles. The van der Waals surface area contributed by atoms with Gasteiger partial charge in [0.2, 0.25) is 5.91 Å². The SMILES string of the molecule is Cc1ccc(S(=O)(=O)N2CCCC(C(=O)NCc3ccc(CN4CCCC4)cc3)C2)s1. The van der Waals surface area contributed by atoms with Crippen LogP contribution in [-0.2, 0) is 27.9 Å². The molecule has 2 aliphatic heterocycles. The van der Waals surface area contributed by atoms with E-state index in [2.05, 4.69) is 34.5 Å². The van der Waals surface area contributed by atoms with Crippen molar-refractivity contribution in [2.45, 2.75) is 49.9 Å². The van der Waals surface area contributed by atoms with Crippen molar-refractivity contribution in [1.29, 1.82) is 0 Å². The predicted molar refractivity (Wildman–Crippen MR) is 123 cm³/mol. The van der Waals surface area contributed by atoms with Crippen LogP contribution in [-0.4, -0.2) is 49.7 Å². The fourth-order valence-electron chi connectivity index (χ4n) is 4.35. The van der Waals surface area contributed by atoms with Gasteiger partial charge in [-0.2, -0.15) is 4.31 Å². The van der Waals surface area contributed by atoms with Crippen LogP contribution in [0.3, 0.4) is 0 Å². The standard InChI is InChI=1S/C23H31N3O3S2/c1-18-6-11-22(30-18)31(28,29)26-14-4-5-21(17-26)23(27)24-15-19-7-9-20(10-8-19)16-25-12-2-3-13-25/h6-11,21H,2-5,12-17H2,1H3,(H,24,27). The van der Waals surface area contributed by atoms with Crippen molar-refractivity contribution in [1.82, 2.24) is 14.5 Å². The van der Waals surface area contributed by atoms with Gasteiger partial charge in [-0.15, -0.1) is 11.3 Å². The normalized spacial score (nSPS) is 20.7. The number of nitrogens with one attached hydrogen (secondary N) is 1. The fourth-order valence-corrected chi connectivity index (χ4v) is 7.31.